The van der Waals surface area contributed by atoms with Crippen molar-refractivity contribution in [3.8, 4) is 11.1 Å². The first kappa shape index (κ1) is 22.8. The van der Waals surface area contributed by atoms with Gasteiger partial charge in [0.15, 0.2) is 0 Å². The first-order valence-electron chi connectivity index (χ1n) is 11.4. The molecule has 4 rings (SSSR count). The van der Waals surface area contributed by atoms with Gasteiger partial charge < -0.3 is 20.5 Å². The third-order valence-electron chi connectivity index (χ3n) is 6.69. The summed E-state index contributed by atoms with van der Waals surface area (Å²) in [5.74, 6) is -1.40. The van der Waals surface area contributed by atoms with Crippen LogP contribution in [0.3, 0.4) is 0 Å². The first-order valence-corrected chi connectivity index (χ1v) is 11.4. The average Bonchev–Trinajstić information content (AvgIpc) is 3.44. The Morgan fingerprint density at radius 2 is 1.64 bits per heavy atom. The summed E-state index contributed by atoms with van der Waals surface area (Å²) in [4.78, 5) is 36.9. The maximum Gasteiger partial charge on any atom is 0.408 e. The highest BCUT2D eigenvalue weighted by Crippen LogP contribution is 2.44. The van der Waals surface area contributed by atoms with Crippen molar-refractivity contribution in [3.05, 3.63) is 59.7 Å². The van der Waals surface area contributed by atoms with E-state index in [1.54, 1.807) is 6.92 Å². The molecule has 0 aliphatic heterocycles. The minimum absolute atomic E-state index is 0.0697. The van der Waals surface area contributed by atoms with E-state index in [0.717, 1.165) is 22.3 Å². The SMILES string of the molecule is CCCC(C)(NC(=O)OCC1c2ccccc2-c2ccccc21)C(=O)NC1(CC(=O)O)CC1. The molecule has 0 bridgehead atoms. The van der Waals surface area contributed by atoms with E-state index in [4.69, 9.17) is 9.84 Å². The zero-order valence-corrected chi connectivity index (χ0v) is 19.0. The molecule has 0 saturated heterocycles. The Labute approximate surface area is 193 Å². The summed E-state index contributed by atoms with van der Waals surface area (Å²) in [6.45, 7) is 3.74. The molecule has 2 aliphatic rings. The molecular weight excluding hydrogens is 420 g/mol. The molecule has 174 valence electrons. The van der Waals surface area contributed by atoms with E-state index < -0.39 is 23.1 Å². The Balaban J connectivity index is 1.43. The summed E-state index contributed by atoms with van der Waals surface area (Å²) in [6.07, 6.45) is 1.54. The van der Waals surface area contributed by atoms with Gasteiger partial charge in [-0.3, -0.25) is 9.59 Å². The Morgan fingerprint density at radius 3 is 2.15 bits per heavy atom. The maximum absolute atomic E-state index is 13.0. The van der Waals surface area contributed by atoms with Gasteiger partial charge in [0.25, 0.3) is 0 Å². The van der Waals surface area contributed by atoms with E-state index in [9.17, 15) is 14.4 Å². The molecule has 2 amide bonds. The fraction of sp³-hybridized carbons (Fsp3) is 0.423. The van der Waals surface area contributed by atoms with Crippen LogP contribution in [0.15, 0.2) is 48.5 Å². The van der Waals surface area contributed by atoms with Crippen LogP contribution >= 0.6 is 0 Å². The lowest BCUT2D eigenvalue weighted by Crippen LogP contribution is -2.59. The van der Waals surface area contributed by atoms with E-state index in [-0.39, 0.29) is 24.9 Å². The minimum Gasteiger partial charge on any atom is -0.481 e. The number of carbonyl (C=O) groups excluding carboxylic acids is 2. The summed E-state index contributed by atoms with van der Waals surface area (Å²) in [6, 6.07) is 16.2. The summed E-state index contributed by atoms with van der Waals surface area (Å²) < 4.78 is 5.62. The van der Waals surface area contributed by atoms with Gasteiger partial charge in [-0.2, -0.15) is 0 Å². The molecule has 1 fully saturated rings. The third kappa shape index (κ3) is 4.72. The zero-order valence-electron chi connectivity index (χ0n) is 19.0. The lowest BCUT2D eigenvalue weighted by atomic mass is 9.94. The van der Waals surface area contributed by atoms with Gasteiger partial charge in [-0.05, 0) is 48.4 Å². The van der Waals surface area contributed by atoms with Crippen LogP contribution in [0.5, 0.6) is 0 Å². The second-order valence-corrected chi connectivity index (χ2v) is 9.34. The number of benzene rings is 2. The normalized spacial score (nSPS) is 17.3. The van der Waals surface area contributed by atoms with Gasteiger partial charge in [0.1, 0.15) is 12.1 Å². The molecule has 1 saturated carbocycles. The van der Waals surface area contributed by atoms with Gasteiger partial charge >= 0.3 is 12.1 Å². The summed E-state index contributed by atoms with van der Waals surface area (Å²) in [5, 5.41) is 14.7. The lowest BCUT2D eigenvalue weighted by molar-refractivity contribution is -0.138. The molecule has 0 spiro atoms. The highest BCUT2D eigenvalue weighted by Gasteiger charge is 2.49. The molecule has 3 N–H and O–H groups in total. The second kappa shape index (κ2) is 8.89. The van der Waals surface area contributed by atoms with Crippen LogP contribution in [0.4, 0.5) is 4.79 Å². The van der Waals surface area contributed by atoms with Crippen molar-refractivity contribution in [1.82, 2.24) is 10.6 Å². The van der Waals surface area contributed by atoms with E-state index >= 15 is 0 Å². The van der Waals surface area contributed by atoms with Gasteiger partial charge in [0, 0.05) is 5.92 Å². The molecule has 1 unspecified atom stereocenters. The molecule has 33 heavy (non-hydrogen) atoms. The van der Waals surface area contributed by atoms with Crippen LogP contribution in [0.25, 0.3) is 11.1 Å². The van der Waals surface area contributed by atoms with E-state index in [0.29, 0.717) is 25.7 Å². The number of alkyl carbamates (subject to hydrolysis) is 1. The van der Waals surface area contributed by atoms with Crippen molar-refractivity contribution in [2.45, 2.75) is 62.9 Å². The lowest BCUT2D eigenvalue weighted by Gasteiger charge is -2.31. The first-order chi connectivity index (χ1) is 15.8. The predicted octanol–water partition coefficient (Wildman–Crippen LogP) is 4.21. The number of aliphatic carboxylic acids is 1. The number of hydrogen-bond donors (Lipinski definition) is 3. The molecule has 2 aromatic rings. The summed E-state index contributed by atoms with van der Waals surface area (Å²) in [7, 11) is 0. The monoisotopic (exact) mass is 450 g/mol. The number of carboxylic acid groups (broad SMARTS) is 1. The Hall–Kier alpha value is -3.35. The molecular formula is C26H30N2O5. The number of fused-ring (bicyclic) bond motifs is 3. The molecule has 0 heterocycles. The van der Waals surface area contributed by atoms with E-state index in [1.807, 2.05) is 43.3 Å². The maximum atomic E-state index is 13.0. The number of hydrogen-bond acceptors (Lipinski definition) is 4. The van der Waals surface area contributed by atoms with Gasteiger partial charge in [-0.25, -0.2) is 4.79 Å². The van der Waals surface area contributed by atoms with E-state index in [2.05, 4.69) is 22.8 Å². The molecule has 2 aliphatic carbocycles. The Bertz CT molecular complexity index is 1030. The highest BCUT2D eigenvalue weighted by atomic mass is 16.5. The fourth-order valence-electron chi connectivity index (χ4n) is 4.76. The van der Waals surface area contributed by atoms with Crippen LogP contribution in [-0.2, 0) is 14.3 Å². The van der Waals surface area contributed by atoms with Crippen molar-refractivity contribution in [2.24, 2.45) is 0 Å². The largest absolute Gasteiger partial charge is 0.481 e. The number of ether oxygens (including phenoxy) is 1. The number of carbonyl (C=O) groups is 3. The number of carboxylic acids is 1. The highest BCUT2D eigenvalue weighted by molar-refractivity contribution is 5.91. The zero-order chi connectivity index (χ0) is 23.6. The smallest absolute Gasteiger partial charge is 0.408 e. The standard InChI is InChI=1S/C26H30N2O5/c1-3-12-25(2,23(31)27-26(13-14-26)15-22(29)30)28-24(32)33-16-21-19-10-6-4-8-17(19)18-9-5-7-11-20(18)21/h4-11,21H,3,12-16H2,1-2H3,(H,27,31)(H,28,32)(H,29,30). The van der Waals surface area contributed by atoms with Crippen LogP contribution < -0.4 is 10.6 Å². The number of rotatable bonds is 9. The van der Waals surface area contributed by atoms with Crippen molar-refractivity contribution < 1.29 is 24.2 Å². The van der Waals surface area contributed by atoms with Gasteiger partial charge in [-0.1, -0.05) is 61.9 Å². The van der Waals surface area contributed by atoms with Crippen LogP contribution in [0, 0.1) is 0 Å². The van der Waals surface area contributed by atoms with Crippen molar-refractivity contribution >= 4 is 18.0 Å². The number of nitrogens with one attached hydrogen (secondary N) is 2. The minimum atomic E-state index is -1.19. The van der Waals surface area contributed by atoms with Gasteiger partial charge in [0.05, 0.1) is 12.0 Å². The molecule has 7 heteroatoms. The molecule has 7 nitrogen and oxygen atoms in total. The van der Waals surface area contributed by atoms with Gasteiger partial charge in [0.2, 0.25) is 5.91 Å². The quantitative estimate of drug-likeness (QED) is 0.531. The molecule has 0 aromatic heterocycles. The van der Waals surface area contributed by atoms with Crippen LogP contribution in [-0.4, -0.2) is 40.8 Å². The van der Waals surface area contributed by atoms with Crippen molar-refractivity contribution in [1.29, 1.82) is 0 Å². The second-order valence-electron chi connectivity index (χ2n) is 9.34. The summed E-state index contributed by atoms with van der Waals surface area (Å²) in [5.41, 5.74) is 2.62. The molecule has 2 aromatic carbocycles. The number of amides is 2. The van der Waals surface area contributed by atoms with Crippen LogP contribution in [0.1, 0.15) is 63.0 Å². The fourth-order valence-corrected chi connectivity index (χ4v) is 4.76. The van der Waals surface area contributed by atoms with Crippen molar-refractivity contribution in [3.63, 3.8) is 0 Å². The van der Waals surface area contributed by atoms with Gasteiger partial charge in [-0.15, -0.1) is 0 Å². The van der Waals surface area contributed by atoms with Crippen molar-refractivity contribution in [2.75, 3.05) is 6.61 Å². The Kier molecular flexibility index (Phi) is 6.15. The topological polar surface area (TPSA) is 105 Å². The third-order valence-corrected chi connectivity index (χ3v) is 6.69. The summed E-state index contributed by atoms with van der Waals surface area (Å²) >= 11 is 0. The molecule has 0 radical (unpaired) electrons. The Morgan fingerprint density at radius 1 is 1.06 bits per heavy atom. The molecule has 1 atom stereocenters. The van der Waals surface area contributed by atoms with Crippen LogP contribution in [0.2, 0.25) is 0 Å². The predicted molar refractivity (Wildman–Crippen MR) is 124 cm³/mol. The average molecular weight is 451 g/mol. The van der Waals surface area contributed by atoms with E-state index in [1.165, 1.54) is 0 Å².